The van der Waals surface area contributed by atoms with E-state index in [4.69, 9.17) is 14.2 Å². The van der Waals surface area contributed by atoms with E-state index in [1.807, 2.05) is 18.2 Å². The summed E-state index contributed by atoms with van der Waals surface area (Å²) >= 11 is 0. The summed E-state index contributed by atoms with van der Waals surface area (Å²) in [6.07, 6.45) is 0.328. The maximum absolute atomic E-state index is 12.3. The van der Waals surface area contributed by atoms with Crippen LogP contribution in [0.5, 0.6) is 11.5 Å². The van der Waals surface area contributed by atoms with Gasteiger partial charge >= 0.3 is 0 Å². The highest BCUT2D eigenvalue weighted by atomic mass is 16.5. The Morgan fingerprint density at radius 3 is 2.48 bits per heavy atom. The molecule has 1 unspecified atom stereocenters. The van der Waals surface area contributed by atoms with Crippen molar-refractivity contribution in [1.82, 2.24) is 10.2 Å². The fourth-order valence-corrected chi connectivity index (χ4v) is 3.15. The number of ether oxygens (including phenoxy) is 3. The number of hydrogen-bond acceptors (Lipinski definition) is 5. The molecule has 0 radical (unpaired) electrons. The van der Waals surface area contributed by atoms with Gasteiger partial charge in [0.25, 0.3) is 0 Å². The minimum Gasteiger partial charge on any atom is -0.493 e. The van der Waals surface area contributed by atoms with Gasteiger partial charge < -0.3 is 19.5 Å². The largest absolute Gasteiger partial charge is 0.493 e. The minimum atomic E-state index is 0.0196. The molecule has 6 nitrogen and oxygen atoms in total. The smallest absolute Gasteiger partial charge is 0.224 e. The zero-order chi connectivity index (χ0) is 18.2. The number of methoxy groups -OCH3 is 2. The van der Waals surface area contributed by atoms with E-state index in [0.29, 0.717) is 36.4 Å². The lowest BCUT2D eigenvalue weighted by Gasteiger charge is -2.36. The third kappa shape index (κ3) is 5.61. The number of hydrogen-bond donors (Lipinski definition) is 1. The third-order valence-electron chi connectivity index (χ3n) is 4.61. The second kappa shape index (κ2) is 9.63. The van der Waals surface area contributed by atoms with Crippen molar-refractivity contribution in [3.8, 4) is 11.5 Å². The Balaban J connectivity index is 1.90. The molecule has 1 fully saturated rings. The Bertz CT molecular complexity index is 556. The van der Waals surface area contributed by atoms with Gasteiger partial charge in [-0.2, -0.15) is 0 Å². The highest BCUT2D eigenvalue weighted by Crippen LogP contribution is 2.27. The molecule has 0 spiro atoms. The summed E-state index contributed by atoms with van der Waals surface area (Å²) in [5, 5.41) is 3.08. The Kier molecular flexibility index (Phi) is 7.52. The van der Waals surface area contributed by atoms with Crippen LogP contribution in [0.2, 0.25) is 0 Å². The van der Waals surface area contributed by atoms with Crippen molar-refractivity contribution in [1.29, 1.82) is 0 Å². The first-order valence-electron chi connectivity index (χ1n) is 8.84. The molecular weight excluding hydrogens is 320 g/mol. The average Bonchev–Trinajstić information content (AvgIpc) is 2.62. The number of amides is 1. The molecule has 1 heterocycles. The molecule has 1 saturated heterocycles. The van der Waals surface area contributed by atoms with Gasteiger partial charge in [0.05, 0.1) is 33.9 Å². The van der Waals surface area contributed by atoms with Crippen molar-refractivity contribution in [3.63, 3.8) is 0 Å². The number of nitrogens with one attached hydrogen (secondary N) is 1. The van der Waals surface area contributed by atoms with Crippen LogP contribution in [-0.2, 0) is 16.0 Å². The molecule has 1 atom stereocenters. The zero-order valence-electron chi connectivity index (χ0n) is 15.7. The van der Waals surface area contributed by atoms with Gasteiger partial charge in [0.1, 0.15) is 0 Å². The summed E-state index contributed by atoms with van der Waals surface area (Å²) in [4.78, 5) is 14.8. The van der Waals surface area contributed by atoms with E-state index in [9.17, 15) is 4.79 Å². The van der Waals surface area contributed by atoms with Crippen molar-refractivity contribution in [2.24, 2.45) is 5.92 Å². The van der Waals surface area contributed by atoms with Crippen LogP contribution in [0.4, 0.5) is 0 Å². The summed E-state index contributed by atoms with van der Waals surface area (Å²) < 4.78 is 15.9. The molecule has 0 aromatic heterocycles. The van der Waals surface area contributed by atoms with Gasteiger partial charge in [0.15, 0.2) is 11.5 Å². The van der Waals surface area contributed by atoms with Crippen LogP contribution in [0, 0.1) is 5.92 Å². The fraction of sp³-hybridized carbons (Fsp3) is 0.632. The van der Waals surface area contributed by atoms with E-state index in [2.05, 4.69) is 24.1 Å². The number of benzene rings is 1. The molecule has 25 heavy (non-hydrogen) atoms. The van der Waals surface area contributed by atoms with Crippen LogP contribution < -0.4 is 14.8 Å². The Hall–Kier alpha value is -1.79. The Morgan fingerprint density at radius 2 is 1.88 bits per heavy atom. The number of carbonyl (C=O) groups is 1. The van der Waals surface area contributed by atoms with Gasteiger partial charge in [0.2, 0.25) is 5.91 Å². The molecule has 6 heteroatoms. The fourth-order valence-electron chi connectivity index (χ4n) is 3.15. The van der Waals surface area contributed by atoms with Crippen LogP contribution in [0.15, 0.2) is 18.2 Å². The lowest BCUT2D eigenvalue weighted by atomic mass is 10.0. The van der Waals surface area contributed by atoms with E-state index in [-0.39, 0.29) is 5.91 Å². The predicted octanol–water partition coefficient (Wildman–Crippen LogP) is 1.72. The van der Waals surface area contributed by atoms with Gasteiger partial charge in [-0.1, -0.05) is 19.9 Å². The van der Waals surface area contributed by atoms with Crippen LogP contribution in [0.25, 0.3) is 0 Å². The summed E-state index contributed by atoms with van der Waals surface area (Å²) in [7, 11) is 3.19. The number of rotatable bonds is 8. The lowest BCUT2D eigenvalue weighted by molar-refractivity contribution is -0.120. The first-order chi connectivity index (χ1) is 12.0. The summed E-state index contributed by atoms with van der Waals surface area (Å²) in [5.41, 5.74) is 0.905. The topological polar surface area (TPSA) is 60.0 Å². The van der Waals surface area contributed by atoms with Gasteiger partial charge in [-0.05, 0) is 23.6 Å². The monoisotopic (exact) mass is 350 g/mol. The lowest BCUT2D eigenvalue weighted by Crippen LogP contribution is -2.51. The quantitative estimate of drug-likeness (QED) is 0.774. The van der Waals surface area contributed by atoms with E-state index >= 15 is 0 Å². The van der Waals surface area contributed by atoms with Crippen LogP contribution >= 0.6 is 0 Å². The summed E-state index contributed by atoms with van der Waals surface area (Å²) in [6.45, 7) is 8.43. The first kappa shape index (κ1) is 19.5. The van der Waals surface area contributed by atoms with Gasteiger partial charge in [-0.25, -0.2) is 0 Å². The van der Waals surface area contributed by atoms with Crippen molar-refractivity contribution < 1.29 is 19.0 Å². The first-order valence-corrected chi connectivity index (χ1v) is 8.84. The second-order valence-electron chi connectivity index (χ2n) is 6.63. The molecule has 0 aliphatic carbocycles. The van der Waals surface area contributed by atoms with Crippen molar-refractivity contribution in [2.45, 2.75) is 26.3 Å². The van der Waals surface area contributed by atoms with Crippen molar-refractivity contribution >= 4 is 5.91 Å². The Morgan fingerprint density at radius 1 is 1.20 bits per heavy atom. The van der Waals surface area contributed by atoms with E-state index in [1.165, 1.54) is 0 Å². The molecule has 140 valence electrons. The molecule has 1 aromatic carbocycles. The second-order valence-corrected chi connectivity index (χ2v) is 6.63. The molecule has 2 rings (SSSR count). The van der Waals surface area contributed by atoms with Gasteiger partial charge in [0, 0.05) is 25.7 Å². The molecule has 0 bridgehead atoms. The minimum absolute atomic E-state index is 0.0196. The summed E-state index contributed by atoms with van der Waals surface area (Å²) in [5.74, 6) is 1.80. The Labute approximate surface area is 150 Å². The summed E-state index contributed by atoms with van der Waals surface area (Å²) in [6, 6.07) is 5.90. The van der Waals surface area contributed by atoms with E-state index < -0.39 is 0 Å². The highest BCUT2D eigenvalue weighted by Gasteiger charge is 2.24. The maximum atomic E-state index is 12.3. The number of nitrogens with zero attached hydrogens (tertiary/aromatic N) is 1. The normalized spacial score (nSPS) is 16.5. The van der Waals surface area contributed by atoms with Crippen molar-refractivity contribution in [2.75, 3.05) is 47.1 Å². The van der Waals surface area contributed by atoms with Crippen LogP contribution in [0.3, 0.4) is 0 Å². The van der Waals surface area contributed by atoms with E-state index in [0.717, 1.165) is 31.9 Å². The molecule has 1 aliphatic heterocycles. The SMILES string of the molecule is COc1ccc(CC(=O)NCC(C(C)C)N2CCOCC2)cc1OC. The van der Waals surface area contributed by atoms with E-state index in [1.54, 1.807) is 14.2 Å². The molecule has 1 N–H and O–H groups in total. The zero-order valence-corrected chi connectivity index (χ0v) is 15.7. The molecule has 0 saturated carbocycles. The average molecular weight is 350 g/mol. The van der Waals surface area contributed by atoms with Gasteiger partial charge in [-0.3, -0.25) is 9.69 Å². The maximum Gasteiger partial charge on any atom is 0.224 e. The highest BCUT2D eigenvalue weighted by molar-refractivity contribution is 5.78. The van der Waals surface area contributed by atoms with Crippen molar-refractivity contribution in [3.05, 3.63) is 23.8 Å². The number of carbonyl (C=O) groups excluding carboxylic acids is 1. The third-order valence-corrected chi connectivity index (χ3v) is 4.61. The van der Waals surface area contributed by atoms with Crippen LogP contribution in [0.1, 0.15) is 19.4 Å². The van der Waals surface area contributed by atoms with Gasteiger partial charge in [-0.15, -0.1) is 0 Å². The standard InChI is InChI=1S/C19H30N2O4/c1-14(2)16(21-7-9-25-10-8-21)13-20-19(22)12-15-5-6-17(23-3)18(11-15)24-4/h5-6,11,14,16H,7-10,12-13H2,1-4H3,(H,20,22). The molecule has 1 aliphatic rings. The molecule has 1 aromatic rings. The predicted molar refractivity (Wildman–Crippen MR) is 97.3 cm³/mol. The van der Waals surface area contributed by atoms with Crippen LogP contribution in [-0.4, -0.2) is 63.9 Å². The molecular formula is C19H30N2O4. The molecule has 1 amide bonds. The number of morpholine rings is 1.